The van der Waals surface area contributed by atoms with E-state index in [1.54, 1.807) is 6.92 Å². The van der Waals surface area contributed by atoms with Gasteiger partial charge >= 0.3 is 0 Å². The van der Waals surface area contributed by atoms with Crippen molar-refractivity contribution in [2.24, 2.45) is 0 Å². The molecule has 1 aromatic heterocycles. The van der Waals surface area contributed by atoms with E-state index in [0.717, 1.165) is 30.9 Å². The van der Waals surface area contributed by atoms with Crippen molar-refractivity contribution in [2.45, 2.75) is 19.9 Å². The molecule has 0 saturated heterocycles. The maximum atomic E-state index is 11.2. The van der Waals surface area contributed by atoms with Crippen LogP contribution in [0.5, 0.6) is 0 Å². The maximum absolute atomic E-state index is 11.2. The number of nitrogens with zero attached hydrogens (tertiary/aromatic N) is 1. The molecular formula is C8H11N3O. The van der Waals surface area contributed by atoms with Crippen LogP contribution in [0.25, 0.3) is 0 Å². The zero-order chi connectivity index (χ0) is 8.55. The monoisotopic (exact) mass is 165 g/mol. The van der Waals surface area contributed by atoms with Gasteiger partial charge in [-0.1, -0.05) is 0 Å². The molecule has 0 radical (unpaired) electrons. The standard InChI is InChI=1S/C8H11N3O/c1-5-8(12)11-6-2-3-9-4-7(6)10-5/h9H,2-4H2,1H3,(H,11,12). The molecule has 0 saturated carbocycles. The Labute approximate surface area is 70.0 Å². The summed E-state index contributed by atoms with van der Waals surface area (Å²) in [7, 11) is 0. The Morgan fingerprint density at radius 1 is 1.50 bits per heavy atom. The minimum absolute atomic E-state index is 0.0596. The molecule has 0 atom stereocenters. The summed E-state index contributed by atoms with van der Waals surface area (Å²) in [5.74, 6) is 0. The minimum atomic E-state index is -0.0596. The third-order valence-electron chi connectivity index (χ3n) is 2.09. The fraction of sp³-hybridized carbons (Fsp3) is 0.500. The van der Waals surface area contributed by atoms with Crippen molar-refractivity contribution in [2.75, 3.05) is 6.54 Å². The van der Waals surface area contributed by atoms with E-state index in [4.69, 9.17) is 0 Å². The maximum Gasteiger partial charge on any atom is 0.269 e. The lowest BCUT2D eigenvalue weighted by Crippen LogP contribution is -2.29. The molecule has 0 bridgehead atoms. The molecule has 2 heterocycles. The van der Waals surface area contributed by atoms with Gasteiger partial charge in [0.1, 0.15) is 5.69 Å². The third kappa shape index (κ3) is 1.14. The van der Waals surface area contributed by atoms with E-state index in [9.17, 15) is 4.79 Å². The summed E-state index contributed by atoms with van der Waals surface area (Å²) in [4.78, 5) is 18.2. The highest BCUT2D eigenvalue weighted by molar-refractivity contribution is 5.16. The van der Waals surface area contributed by atoms with Gasteiger partial charge in [-0.2, -0.15) is 0 Å². The minimum Gasteiger partial charge on any atom is -0.323 e. The molecule has 1 aliphatic rings. The van der Waals surface area contributed by atoms with Crippen molar-refractivity contribution in [1.29, 1.82) is 0 Å². The molecule has 0 aromatic carbocycles. The fourth-order valence-corrected chi connectivity index (χ4v) is 1.39. The van der Waals surface area contributed by atoms with Gasteiger partial charge in [-0.25, -0.2) is 4.98 Å². The van der Waals surface area contributed by atoms with E-state index in [-0.39, 0.29) is 5.56 Å². The summed E-state index contributed by atoms with van der Waals surface area (Å²) in [6.07, 6.45) is 0.873. The second-order valence-electron chi connectivity index (χ2n) is 3.00. The number of fused-ring (bicyclic) bond motifs is 1. The number of aryl methyl sites for hydroxylation is 1. The van der Waals surface area contributed by atoms with Crippen molar-refractivity contribution >= 4 is 0 Å². The fourth-order valence-electron chi connectivity index (χ4n) is 1.39. The smallest absolute Gasteiger partial charge is 0.269 e. The molecule has 4 nitrogen and oxygen atoms in total. The summed E-state index contributed by atoms with van der Waals surface area (Å²) in [5.41, 5.74) is 2.47. The van der Waals surface area contributed by atoms with E-state index in [1.807, 2.05) is 0 Å². The molecule has 0 amide bonds. The van der Waals surface area contributed by atoms with Crippen LogP contribution in [0.3, 0.4) is 0 Å². The quantitative estimate of drug-likeness (QED) is 0.556. The first-order valence-electron chi connectivity index (χ1n) is 4.07. The normalized spacial score (nSPS) is 15.8. The van der Waals surface area contributed by atoms with E-state index >= 15 is 0 Å². The Bertz CT molecular complexity index is 356. The lowest BCUT2D eigenvalue weighted by molar-refractivity contribution is 0.607. The lowest BCUT2D eigenvalue weighted by atomic mass is 10.1. The Balaban J connectivity index is 2.56. The zero-order valence-corrected chi connectivity index (χ0v) is 6.98. The van der Waals surface area contributed by atoms with Crippen LogP contribution < -0.4 is 10.9 Å². The highest BCUT2D eigenvalue weighted by Crippen LogP contribution is 2.05. The second-order valence-corrected chi connectivity index (χ2v) is 3.00. The summed E-state index contributed by atoms with van der Waals surface area (Å²) in [6, 6.07) is 0. The predicted octanol–water partition coefficient (Wildman–Crippen LogP) is -0.276. The van der Waals surface area contributed by atoms with Gasteiger partial charge < -0.3 is 10.3 Å². The Hall–Kier alpha value is -1.16. The van der Waals surface area contributed by atoms with Gasteiger partial charge in [-0.3, -0.25) is 4.79 Å². The van der Waals surface area contributed by atoms with Crippen LogP contribution >= 0.6 is 0 Å². The zero-order valence-electron chi connectivity index (χ0n) is 6.98. The Morgan fingerprint density at radius 2 is 2.33 bits per heavy atom. The summed E-state index contributed by atoms with van der Waals surface area (Å²) in [5, 5.41) is 3.20. The van der Waals surface area contributed by atoms with Crippen LogP contribution in [0, 0.1) is 6.92 Å². The van der Waals surface area contributed by atoms with E-state index < -0.39 is 0 Å². The molecule has 2 N–H and O–H groups in total. The van der Waals surface area contributed by atoms with E-state index in [1.165, 1.54) is 0 Å². The number of aromatic nitrogens is 2. The molecule has 0 fully saturated rings. The van der Waals surface area contributed by atoms with E-state index in [0.29, 0.717) is 5.69 Å². The highest BCUT2D eigenvalue weighted by Gasteiger charge is 2.11. The van der Waals surface area contributed by atoms with Crippen LogP contribution in [-0.2, 0) is 13.0 Å². The number of aromatic amines is 1. The molecule has 1 aromatic rings. The molecule has 0 unspecified atom stereocenters. The van der Waals surface area contributed by atoms with Gasteiger partial charge in [0.2, 0.25) is 0 Å². The van der Waals surface area contributed by atoms with Crippen molar-refractivity contribution in [3.8, 4) is 0 Å². The largest absolute Gasteiger partial charge is 0.323 e. The highest BCUT2D eigenvalue weighted by atomic mass is 16.1. The molecular weight excluding hydrogens is 154 g/mol. The van der Waals surface area contributed by atoms with Gasteiger partial charge in [0.05, 0.1) is 5.69 Å². The summed E-state index contributed by atoms with van der Waals surface area (Å²) >= 11 is 0. The average molecular weight is 165 g/mol. The van der Waals surface area contributed by atoms with Crippen molar-refractivity contribution in [3.63, 3.8) is 0 Å². The molecule has 2 rings (SSSR count). The number of H-pyrrole nitrogens is 1. The molecule has 4 heteroatoms. The number of hydrogen-bond acceptors (Lipinski definition) is 3. The van der Waals surface area contributed by atoms with Gasteiger partial charge in [-0.15, -0.1) is 0 Å². The van der Waals surface area contributed by atoms with Gasteiger partial charge in [0.25, 0.3) is 5.56 Å². The first-order chi connectivity index (χ1) is 5.77. The lowest BCUT2D eigenvalue weighted by Gasteiger charge is -2.15. The van der Waals surface area contributed by atoms with Gasteiger partial charge in [0, 0.05) is 25.2 Å². The number of hydrogen-bond donors (Lipinski definition) is 2. The summed E-state index contributed by atoms with van der Waals surface area (Å²) in [6.45, 7) is 3.42. The second kappa shape index (κ2) is 2.71. The van der Waals surface area contributed by atoms with Crippen LogP contribution in [0.15, 0.2) is 4.79 Å². The van der Waals surface area contributed by atoms with Crippen LogP contribution in [0.4, 0.5) is 0 Å². The first-order valence-corrected chi connectivity index (χ1v) is 4.07. The van der Waals surface area contributed by atoms with Crippen molar-refractivity contribution < 1.29 is 0 Å². The van der Waals surface area contributed by atoms with Crippen molar-refractivity contribution in [3.05, 3.63) is 27.4 Å². The van der Waals surface area contributed by atoms with Gasteiger partial charge in [0.15, 0.2) is 0 Å². The third-order valence-corrected chi connectivity index (χ3v) is 2.09. The topological polar surface area (TPSA) is 57.8 Å². The SMILES string of the molecule is Cc1nc2c([nH]c1=O)CCNC2. The Morgan fingerprint density at radius 3 is 3.17 bits per heavy atom. The van der Waals surface area contributed by atoms with Crippen LogP contribution in [-0.4, -0.2) is 16.5 Å². The van der Waals surface area contributed by atoms with E-state index in [2.05, 4.69) is 15.3 Å². The molecule has 64 valence electrons. The molecule has 12 heavy (non-hydrogen) atoms. The number of nitrogens with one attached hydrogen (secondary N) is 2. The molecule has 0 aliphatic carbocycles. The van der Waals surface area contributed by atoms with Crippen LogP contribution in [0.2, 0.25) is 0 Å². The van der Waals surface area contributed by atoms with Crippen LogP contribution in [0.1, 0.15) is 17.1 Å². The first kappa shape index (κ1) is 7.49. The average Bonchev–Trinajstić information content (AvgIpc) is 2.07. The summed E-state index contributed by atoms with van der Waals surface area (Å²) < 4.78 is 0. The molecule has 0 spiro atoms. The van der Waals surface area contributed by atoms with Gasteiger partial charge in [-0.05, 0) is 6.92 Å². The number of rotatable bonds is 0. The Kier molecular flexibility index (Phi) is 1.69. The predicted molar refractivity (Wildman–Crippen MR) is 45.0 cm³/mol. The van der Waals surface area contributed by atoms with Crippen molar-refractivity contribution in [1.82, 2.24) is 15.3 Å². The molecule has 1 aliphatic heterocycles.